The first-order chi connectivity index (χ1) is 15.3. The Morgan fingerprint density at radius 1 is 1.03 bits per heavy atom. The molecule has 8 nitrogen and oxygen atoms in total. The van der Waals surface area contributed by atoms with Crippen LogP contribution in [0.1, 0.15) is 18.2 Å². The van der Waals surface area contributed by atoms with Gasteiger partial charge in [-0.15, -0.1) is 5.10 Å². The molecule has 0 radical (unpaired) electrons. The van der Waals surface area contributed by atoms with Crippen LogP contribution in [-0.4, -0.2) is 35.9 Å². The number of hydrogen-bond acceptors (Lipinski definition) is 6. The van der Waals surface area contributed by atoms with Crippen molar-refractivity contribution in [3.63, 3.8) is 0 Å². The van der Waals surface area contributed by atoms with Crippen LogP contribution >= 0.6 is 0 Å². The van der Waals surface area contributed by atoms with E-state index >= 15 is 0 Å². The molecule has 0 saturated heterocycles. The zero-order chi connectivity index (χ0) is 23.3. The number of rotatable bonds is 4. The summed E-state index contributed by atoms with van der Waals surface area (Å²) in [7, 11) is 0. The van der Waals surface area contributed by atoms with E-state index in [0.29, 0.717) is 11.4 Å². The third-order valence-electron chi connectivity index (χ3n) is 4.40. The van der Waals surface area contributed by atoms with Crippen molar-refractivity contribution in [2.75, 3.05) is 0 Å². The van der Waals surface area contributed by atoms with Crippen LogP contribution < -0.4 is 0 Å². The van der Waals surface area contributed by atoms with Crippen molar-refractivity contribution < 1.29 is 27.2 Å². The highest BCUT2D eigenvalue weighted by Gasteiger charge is 2.38. The summed E-state index contributed by atoms with van der Waals surface area (Å²) in [6.45, 7) is 1.65. The summed E-state index contributed by atoms with van der Waals surface area (Å²) in [5.41, 5.74) is 0.722. The van der Waals surface area contributed by atoms with E-state index in [1.54, 1.807) is 19.1 Å². The van der Waals surface area contributed by atoms with Crippen molar-refractivity contribution >= 4 is 6.15 Å². The van der Waals surface area contributed by atoms with Gasteiger partial charge in [-0.2, -0.15) is 27.9 Å². The number of nitrogens with zero attached hydrogens (tertiary/aromatic N) is 6. The molecule has 0 aliphatic carbocycles. The van der Waals surface area contributed by atoms with E-state index in [4.69, 9.17) is 9.59 Å². The summed E-state index contributed by atoms with van der Waals surface area (Å²) in [5.74, 6) is -0.528. The average Bonchev–Trinajstić information content (AvgIpc) is 3.42. The number of hydrogen-bond donors (Lipinski definition) is 0. The average molecular weight is 446 g/mol. The van der Waals surface area contributed by atoms with Crippen LogP contribution in [0, 0.1) is 5.82 Å². The molecule has 0 unspecified atom stereocenters. The number of pyridine rings is 1. The predicted octanol–water partition coefficient (Wildman–Crippen LogP) is 3.65. The lowest BCUT2D eigenvalue weighted by Gasteiger charge is -2.12. The Labute approximate surface area is 178 Å². The Kier molecular flexibility index (Phi) is 6.55. The summed E-state index contributed by atoms with van der Waals surface area (Å²) >= 11 is 0. The van der Waals surface area contributed by atoms with E-state index in [1.165, 1.54) is 41.5 Å². The van der Waals surface area contributed by atoms with E-state index < -0.39 is 17.7 Å². The first-order valence-electron chi connectivity index (χ1n) is 9.06. The Hall–Kier alpha value is -4.18. The number of benzene rings is 1. The third-order valence-corrected chi connectivity index (χ3v) is 4.40. The van der Waals surface area contributed by atoms with Crippen LogP contribution in [0.2, 0.25) is 0 Å². The summed E-state index contributed by atoms with van der Waals surface area (Å²) in [4.78, 5) is 19.9. The maximum Gasteiger partial charge on any atom is 0.433 e. The predicted molar refractivity (Wildman–Crippen MR) is 101 cm³/mol. The minimum Gasteiger partial charge on any atom is -0.262 e. The summed E-state index contributed by atoms with van der Waals surface area (Å²) in [6.07, 6.45) is 1.23. The molecule has 4 rings (SSSR count). The van der Waals surface area contributed by atoms with Gasteiger partial charge in [0.1, 0.15) is 5.69 Å². The molecular formula is C20H14F4N6O2. The van der Waals surface area contributed by atoms with Crippen LogP contribution in [-0.2, 0) is 22.2 Å². The topological polar surface area (TPSA) is 95.6 Å². The Morgan fingerprint density at radius 3 is 2.28 bits per heavy atom. The zero-order valence-electron chi connectivity index (χ0n) is 16.4. The SMILES string of the molecule is CCc1cnn(-c2ccc(-n3cc(-c4ccncc4F)nn3)cc2)c1C(F)(F)F.O=C=O. The molecule has 0 bridgehead atoms. The highest BCUT2D eigenvalue weighted by molar-refractivity contribution is 5.58. The summed E-state index contributed by atoms with van der Waals surface area (Å²) < 4.78 is 56.4. The second-order valence-electron chi connectivity index (χ2n) is 6.29. The molecule has 3 heterocycles. The van der Waals surface area contributed by atoms with Gasteiger partial charge in [0.25, 0.3) is 0 Å². The molecular weight excluding hydrogens is 432 g/mol. The maximum absolute atomic E-state index is 13.9. The van der Waals surface area contributed by atoms with Crippen molar-refractivity contribution in [2.24, 2.45) is 0 Å². The van der Waals surface area contributed by atoms with Crippen molar-refractivity contribution in [1.82, 2.24) is 29.8 Å². The fraction of sp³-hybridized carbons (Fsp3) is 0.150. The smallest absolute Gasteiger partial charge is 0.262 e. The molecule has 0 fully saturated rings. The highest BCUT2D eigenvalue weighted by Crippen LogP contribution is 2.34. The lowest BCUT2D eigenvalue weighted by Crippen LogP contribution is -2.15. The number of alkyl halides is 3. The first kappa shape index (κ1) is 22.5. The van der Waals surface area contributed by atoms with Crippen LogP contribution in [0.3, 0.4) is 0 Å². The third kappa shape index (κ3) is 4.60. The maximum atomic E-state index is 13.9. The highest BCUT2D eigenvalue weighted by atomic mass is 19.4. The van der Waals surface area contributed by atoms with E-state index in [1.807, 2.05) is 0 Å². The fourth-order valence-electron chi connectivity index (χ4n) is 2.98. The zero-order valence-corrected chi connectivity index (χ0v) is 16.4. The largest absolute Gasteiger partial charge is 0.433 e. The Morgan fingerprint density at radius 2 is 1.69 bits per heavy atom. The van der Waals surface area contributed by atoms with Gasteiger partial charge in [-0.1, -0.05) is 12.1 Å². The molecule has 32 heavy (non-hydrogen) atoms. The Bertz CT molecular complexity index is 1240. The van der Waals surface area contributed by atoms with Gasteiger partial charge in [0.15, 0.2) is 11.5 Å². The monoisotopic (exact) mass is 446 g/mol. The number of aryl methyl sites for hydroxylation is 1. The van der Waals surface area contributed by atoms with Gasteiger partial charge in [-0.05, 0) is 36.8 Å². The van der Waals surface area contributed by atoms with Gasteiger partial charge in [-0.25, -0.2) is 13.8 Å². The molecule has 4 aromatic rings. The van der Waals surface area contributed by atoms with Crippen molar-refractivity contribution in [2.45, 2.75) is 19.5 Å². The summed E-state index contributed by atoms with van der Waals surface area (Å²) in [5, 5.41) is 11.8. The van der Waals surface area contributed by atoms with Crippen LogP contribution in [0.25, 0.3) is 22.6 Å². The van der Waals surface area contributed by atoms with Crippen LogP contribution in [0.15, 0.2) is 55.1 Å². The molecule has 0 saturated carbocycles. The molecule has 3 aromatic heterocycles. The molecule has 0 spiro atoms. The van der Waals surface area contributed by atoms with Crippen LogP contribution in [0.4, 0.5) is 17.6 Å². The minimum absolute atomic E-state index is 0.127. The van der Waals surface area contributed by atoms with Crippen molar-refractivity contribution in [3.05, 3.63) is 72.2 Å². The van der Waals surface area contributed by atoms with Gasteiger partial charge in [0, 0.05) is 17.3 Å². The number of halogens is 4. The molecule has 12 heteroatoms. The van der Waals surface area contributed by atoms with Gasteiger partial charge in [0.2, 0.25) is 0 Å². The molecule has 164 valence electrons. The Balaban J connectivity index is 0.000000913. The van der Waals surface area contributed by atoms with E-state index in [0.717, 1.165) is 10.9 Å². The molecule has 0 N–H and O–H groups in total. The molecule has 0 atom stereocenters. The van der Waals surface area contributed by atoms with Crippen molar-refractivity contribution in [1.29, 1.82) is 0 Å². The number of carbonyl (C=O) groups excluding carboxylic acids is 2. The van der Waals surface area contributed by atoms with E-state index in [2.05, 4.69) is 20.4 Å². The first-order valence-corrected chi connectivity index (χ1v) is 9.06. The van der Waals surface area contributed by atoms with Gasteiger partial charge < -0.3 is 0 Å². The van der Waals surface area contributed by atoms with Gasteiger partial charge in [0.05, 0.1) is 30.0 Å². The number of aromatic nitrogens is 6. The summed E-state index contributed by atoms with van der Waals surface area (Å²) in [6, 6.07) is 7.67. The van der Waals surface area contributed by atoms with E-state index in [-0.39, 0.29) is 29.4 Å². The van der Waals surface area contributed by atoms with Crippen LogP contribution in [0.5, 0.6) is 0 Å². The molecule has 0 amide bonds. The van der Waals surface area contributed by atoms with Gasteiger partial charge in [-0.3, -0.25) is 4.98 Å². The van der Waals surface area contributed by atoms with Gasteiger partial charge >= 0.3 is 12.3 Å². The molecule has 1 aromatic carbocycles. The fourth-order valence-corrected chi connectivity index (χ4v) is 2.98. The molecule has 0 aliphatic heterocycles. The quantitative estimate of drug-likeness (QED) is 0.444. The normalized spacial score (nSPS) is 10.9. The standard InChI is InChI=1S/C19H14F4N6.CO2/c1-2-12-9-25-29(18(12)19(21,22)23)14-5-3-13(4-6-14)28-11-17(26-27-28)15-7-8-24-10-16(15)20;2-1-3/h3-11H,2H2,1H3;. The molecule has 0 aliphatic rings. The lowest BCUT2D eigenvalue weighted by atomic mass is 10.2. The van der Waals surface area contributed by atoms with Crippen molar-refractivity contribution in [3.8, 4) is 22.6 Å². The minimum atomic E-state index is -4.52. The second-order valence-corrected chi connectivity index (χ2v) is 6.29. The van der Waals surface area contributed by atoms with E-state index in [9.17, 15) is 17.6 Å². The second kappa shape index (κ2) is 9.31. The lowest BCUT2D eigenvalue weighted by molar-refractivity contribution is -0.191.